The highest BCUT2D eigenvalue weighted by Gasteiger charge is 2.13. The zero-order chi connectivity index (χ0) is 26.5. The number of carboxylic acids is 2. The standard InChI is InChI=1S/C25H33NO2.C4H4O4/c1-4-9-24(27)22-11-8-10-21(17-22)23-18-25(20(3)16-19(23)2)28-15-14-26-12-6-5-7-13-26;5-3(6)1-2-4(7)8/h8,10-11,16-18H,4-7,9,12-15H2,1-3H3;1-2H,(H,5,6)(H,7,8)/b;2-1+. The molecular formula is C29H37NO6. The minimum Gasteiger partial charge on any atom is -0.492 e. The Hall–Kier alpha value is -3.45. The Labute approximate surface area is 213 Å². The van der Waals surface area contributed by atoms with Gasteiger partial charge in [0.25, 0.3) is 0 Å². The number of benzene rings is 2. The Bertz CT molecular complexity index is 1050. The fourth-order valence-electron chi connectivity index (χ4n) is 4.14. The molecular weight excluding hydrogens is 458 g/mol. The van der Waals surface area contributed by atoms with E-state index in [1.54, 1.807) is 0 Å². The number of hydrogen-bond donors (Lipinski definition) is 2. The molecule has 2 N–H and O–H groups in total. The molecule has 0 amide bonds. The third-order valence-electron chi connectivity index (χ3n) is 5.98. The molecule has 2 aromatic carbocycles. The molecule has 0 aromatic heterocycles. The first-order valence-corrected chi connectivity index (χ1v) is 12.4. The summed E-state index contributed by atoms with van der Waals surface area (Å²) in [5.41, 5.74) is 5.40. The van der Waals surface area contributed by atoms with Crippen LogP contribution in [0.25, 0.3) is 11.1 Å². The predicted molar refractivity (Wildman–Crippen MR) is 141 cm³/mol. The first kappa shape index (κ1) is 28.8. The third kappa shape index (κ3) is 9.66. The van der Waals surface area contributed by atoms with Crippen LogP contribution in [0.3, 0.4) is 0 Å². The molecule has 0 aliphatic carbocycles. The van der Waals surface area contributed by atoms with Crippen molar-refractivity contribution in [3.05, 3.63) is 65.2 Å². The van der Waals surface area contributed by atoms with Crippen molar-refractivity contribution in [3.8, 4) is 16.9 Å². The van der Waals surface area contributed by atoms with Gasteiger partial charge in [-0.2, -0.15) is 0 Å². The maximum absolute atomic E-state index is 12.3. The lowest BCUT2D eigenvalue weighted by Gasteiger charge is -2.26. The molecule has 1 heterocycles. The van der Waals surface area contributed by atoms with E-state index in [1.807, 2.05) is 25.1 Å². The average Bonchev–Trinajstić information content (AvgIpc) is 2.85. The number of rotatable bonds is 10. The number of Topliss-reactive ketones (excluding diaryl/α,β-unsaturated/α-hetero) is 1. The van der Waals surface area contributed by atoms with E-state index in [-0.39, 0.29) is 5.78 Å². The van der Waals surface area contributed by atoms with Crippen LogP contribution in [-0.2, 0) is 9.59 Å². The Morgan fingerprint density at radius 1 is 0.944 bits per heavy atom. The highest BCUT2D eigenvalue weighted by Crippen LogP contribution is 2.31. The number of ether oxygens (including phenoxy) is 1. The Balaban J connectivity index is 0.000000493. The topological polar surface area (TPSA) is 104 Å². The van der Waals surface area contributed by atoms with Crippen LogP contribution < -0.4 is 4.74 Å². The second-order valence-corrected chi connectivity index (χ2v) is 8.95. The number of piperidine rings is 1. The number of carbonyl (C=O) groups is 3. The van der Waals surface area contributed by atoms with Crippen molar-refractivity contribution < 1.29 is 29.3 Å². The van der Waals surface area contributed by atoms with Gasteiger partial charge < -0.3 is 14.9 Å². The minimum absolute atomic E-state index is 0.215. The molecule has 0 radical (unpaired) electrons. The number of aliphatic carboxylic acids is 2. The number of nitrogens with zero attached hydrogens (tertiary/aromatic N) is 1. The molecule has 0 spiro atoms. The van der Waals surface area contributed by atoms with Crippen molar-refractivity contribution in [2.24, 2.45) is 0 Å². The van der Waals surface area contributed by atoms with E-state index in [0.717, 1.165) is 47.6 Å². The minimum atomic E-state index is -1.26. The van der Waals surface area contributed by atoms with Crippen LogP contribution in [-0.4, -0.2) is 59.1 Å². The molecule has 1 aliphatic heterocycles. The van der Waals surface area contributed by atoms with Crippen LogP contribution in [0.5, 0.6) is 5.75 Å². The van der Waals surface area contributed by atoms with Crippen LogP contribution in [0, 0.1) is 13.8 Å². The van der Waals surface area contributed by atoms with Crippen molar-refractivity contribution in [1.82, 2.24) is 4.90 Å². The van der Waals surface area contributed by atoms with Gasteiger partial charge in [-0.1, -0.05) is 37.6 Å². The second kappa shape index (κ2) is 14.8. The Kier molecular flexibility index (Phi) is 11.9. The normalized spacial score (nSPS) is 13.6. The van der Waals surface area contributed by atoms with E-state index in [4.69, 9.17) is 14.9 Å². The summed E-state index contributed by atoms with van der Waals surface area (Å²) in [7, 11) is 0. The number of hydrogen-bond acceptors (Lipinski definition) is 5. The number of carboxylic acid groups (broad SMARTS) is 2. The number of ketones is 1. The molecule has 0 saturated carbocycles. The summed E-state index contributed by atoms with van der Waals surface area (Å²) in [5.74, 6) is -1.35. The highest BCUT2D eigenvalue weighted by atomic mass is 16.5. The summed E-state index contributed by atoms with van der Waals surface area (Å²) in [6.45, 7) is 10.4. The fraction of sp³-hybridized carbons (Fsp3) is 0.414. The van der Waals surface area contributed by atoms with Gasteiger partial charge in [-0.3, -0.25) is 9.69 Å². The van der Waals surface area contributed by atoms with Gasteiger partial charge >= 0.3 is 11.9 Å². The summed E-state index contributed by atoms with van der Waals surface area (Å²) in [6.07, 6.45) is 6.56. The molecule has 1 aliphatic rings. The van der Waals surface area contributed by atoms with Gasteiger partial charge in [0.2, 0.25) is 0 Å². The summed E-state index contributed by atoms with van der Waals surface area (Å²) in [5, 5.41) is 15.6. The summed E-state index contributed by atoms with van der Waals surface area (Å²) in [4.78, 5) is 33.9. The van der Waals surface area contributed by atoms with Crippen molar-refractivity contribution in [2.45, 2.75) is 52.9 Å². The summed E-state index contributed by atoms with van der Waals surface area (Å²) in [6, 6.07) is 12.3. The largest absolute Gasteiger partial charge is 0.492 e. The maximum atomic E-state index is 12.3. The molecule has 0 atom stereocenters. The van der Waals surface area contributed by atoms with Crippen molar-refractivity contribution in [1.29, 1.82) is 0 Å². The van der Waals surface area contributed by atoms with E-state index >= 15 is 0 Å². The van der Waals surface area contributed by atoms with Gasteiger partial charge in [0.05, 0.1) is 0 Å². The van der Waals surface area contributed by atoms with E-state index < -0.39 is 11.9 Å². The lowest BCUT2D eigenvalue weighted by atomic mass is 9.95. The van der Waals surface area contributed by atoms with Gasteiger partial charge in [-0.05, 0) is 80.6 Å². The maximum Gasteiger partial charge on any atom is 0.328 e. The average molecular weight is 496 g/mol. The second-order valence-electron chi connectivity index (χ2n) is 8.95. The summed E-state index contributed by atoms with van der Waals surface area (Å²) >= 11 is 0. The van der Waals surface area contributed by atoms with E-state index in [1.165, 1.54) is 37.9 Å². The molecule has 0 bridgehead atoms. The highest BCUT2D eigenvalue weighted by molar-refractivity contribution is 5.97. The van der Waals surface area contributed by atoms with Crippen LogP contribution in [0.4, 0.5) is 0 Å². The quantitative estimate of drug-likeness (QED) is 0.330. The third-order valence-corrected chi connectivity index (χ3v) is 5.98. The molecule has 1 fully saturated rings. The molecule has 0 unspecified atom stereocenters. The van der Waals surface area contributed by atoms with Crippen LogP contribution in [0.2, 0.25) is 0 Å². The molecule has 194 valence electrons. The first-order chi connectivity index (χ1) is 17.2. The number of likely N-dealkylation sites (tertiary alicyclic amines) is 1. The van der Waals surface area contributed by atoms with E-state index in [2.05, 4.69) is 36.9 Å². The number of carbonyl (C=O) groups excluding carboxylic acids is 1. The van der Waals surface area contributed by atoms with Gasteiger partial charge in [0, 0.05) is 30.7 Å². The Morgan fingerprint density at radius 2 is 1.61 bits per heavy atom. The van der Waals surface area contributed by atoms with Gasteiger partial charge in [-0.15, -0.1) is 0 Å². The SMILES string of the molecule is CCCC(=O)c1cccc(-c2cc(OCCN3CCCCC3)c(C)cc2C)c1.O=C(O)/C=C/C(=O)O. The predicted octanol–water partition coefficient (Wildman–Crippen LogP) is 5.53. The van der Waals surface area contributed by atoms with Gasteiger partial charge in [-0.25, -0.2) is 9.59 Å². The smallest absolute Gasteiger partial charge is 0.328 e. The van der Waals surface area contributed by atoms with Crippen LogP contribution in [0.15, 0.2) is 48.6 Å². The molecule has 3 rings (SSSR count). The molecule has 7 nitrogen and oxygen atoms in total. The molecule has 7 heteroatoms. The molecule has 1 saturated heterocycles. The van der Waals surface area contributed by atoms with Crippen molar-refractivity contribution in [3.63, 3.8) is 0 Å². The van der Waals surface area contributed by atoms with E-state index in [9.17, 15) is 14.4 Å². The van der Waals surface area contributed by atoms with Crippen molar-refractivity contribution in [2.75, 3.05) is 26.2 Å². The van der Waals surface area contributed by atoms with Crippen molar-refractivity contribution >= 4 is 17.7 Å². The monoisotopic (exact) mass is 495 g/mol. The number of aryl methyl sites for hydroxylation is 2. The zero-order valence-electron chi connectivity index (χ0n) is 21.5. The lowest BCUT2D eigenvalue weighted by Crippen LogP contribution is -2.33. The lowest BCUT2D eigenvalue weighted by molar-refractivity contribution is -0.134. The molecule has 36 heavy (non-hydrogen) atoms. The van der Waals surface area contributed by atoms with Crippen LogP contribution in [0.1, 0.15) is 60.5 Å². The zero-order valence-corrected chi connectivity index (χ0v) is 21.5. The Morgan fingerprint density at radius 3 is 2.22 bits per heavy atom. The molecule has 2 aromatic rings. The van der Waals surface area contributed by atoms with E-state index in [0.29, 0.717) is 18.6 Å². The first-order valence-electron chi connectivity index (χ1n) is 12.4. The summed E-state index contributed by atoms with van der Waals surface area (Å²) < 4.78 is 6.16. The van der Waals surface area contributed by atoms with Gasteiger partial charge in [0.15, 0.2) is 5.78 Å². The fourth-order valence-corrected chi connectivity index (χ4v) is 4.14. The van der Waals surface area contributed by atoms with Crippen LogP contribution >= 0.6 is 0 Å². The van der Waals surface area contributed by atoms with Gasteiger partial charge in [0.1, 0.15) is 12.4 Å².